The molecule has 0 saturated carbocycles. The fraction of sp³-hybridized carbons (Fsp3) is 1.00. The summed E-state index contributed by atoms with van der Waals surface area (Å²) in [6.07, 6.45) is -1.50. The lowest BCUT2D eigenvalue weighted by atomic mass is 10.5. The molecule has 0 amide bonds. The van der Waals surface area contributed by atoms with Gasteiger partial charge in [-0.2, -0.15) is 0 Å². The second kappa shape index (κ2) is 5.21. The second-order valence-electron chi connectivity index (χ2n) is 3.97. The van der Waals surface area contributed by atoms with Gasteiger partial charge >= 0.3 is 0 Å². The van der Waals surface area contributed by atoms with Crippen molar-refractivity contribution in [2.75, 3.05) is 59.3 Å². The van der Waals surface area contributed by atoms with E-state index in [1.165, 1.54) is 0 Å². The summed E-state index contributed by atoms with van der Waals surface area (Å²) in [7, 11) is 0. The Morgan fingerprint density at radius 1 is 0.867 bits per heavy atom. The zero-order valence-corrected chi connectivity index (χ0v) is 10.9. The van der Waals surface area contributed by atoms with E-state index >= 15 is 0 Å². The van der Waals surface area contributed by atoms with Crippen molar-refractivity contribution in [3.05, 3.63) is 0 Å². The molecule has 2 fully saturated rings. The Labute approximate surface area is 96.6 Å². The van der Waals surface area contributed by atoms with Crippen LogP contribution in [0.3, 0.4) is 0 Å². The van der Waals surface area contributed by atoms with Crippen LogP contribution in [0.25, 0.3) is 0 Å². The van der Waals surface area contributed by atoms with E-state index in [0.29, 0.717) is 0 Å². The van der Waals surface area contributed by atoms with E-state index in [1.54, 1.807) is 0 Å². The van der Waals surface area contributed by atoms with E-state index in [4.69, 9.17) is 21.3 Å². The molecular formula is C9H19N2O2PS. The maximum Gasteiger partial charge on any atom is 0.0748 e. The summed E-state index contributed by atoms with van der Waals surface area (Å²) in [4.78, 5) is 0. The van der Waals surface area contributed by atoms with Crippen molar-refractivity contribution >= 4 is 18.1 Å². The normalized spacial score (nSPS) is 26.7. The molecule has 0 unspecified atom stereocenters. The van der Waals surface area contributed by atoms with Gasteiger partial charge < -0.3 is 9.47 Å². The van der Waals surface area contributed by atoms with Crippen molar-refractivity contribution in [3.63, 3.8) is 0 Å². The summed E-state index contributed by atoms with van der Waals surface area (Å²) in [6.45, 7) is 9.52. The zero-order chi connectivity index (χ0) is 10.7. The molecule has 0 radical (unpaired) electrons. The molecule has 4 nitrogen and oxygen atoms in total. The van der Waals surface area contributed by atoms with E-state index in [1.807, 2.05) is 0 Å². The van der Waals surface area contributed by atoms with Crippen molar-refractivity contribution in [1.82, 2.24) is 9.34 Å². The average molecular weight is 250 g/mol. The third kappa shape index (κ3) is 2.78. The first-order chi connectivity index (χ1) is 7.21. The van der Waals surface area contributed by atoms with Crippen LogP contribution in [0.2, 0.25) is 0 Å². The molecule has 2 saturated heterocycles. The molecule has 88 valence electrons. The van der Waals surface area contributed by atoms with Gasteiger partial charge in [0.1, 0.15) is 0 Å². The number of ether oxygens (including phenoxy) is 2. The molecule has 2 rings (SSSR count). The van der Waals surface area contributed by atoms with Crippen molar-refractivity contribution in [3.8, 4) is 0 Å². The van der Waals surface area contributed by atoms with Crippen LogP contribution < -0.4 is 0 Å². The first-order valence-corrected chi connectivity index (χ1v) is 8.60. The highest BCUT2D eigenvalue weighted by atomic mass is 32.4. The minimum absolute atomic E-state index is 0.830. The standard InChI is InChI=1S/C9H19N2O2PS/c1-14(15,10-2-6-12-7-3-10)11-4-8-13-9-5-11/h2-9H2,1H3. The highest BCUT2D eigenvalue weighted by molar-refractivity contribution is 8.11. The number of rotatable bonds is 2. The quantitative estimate of drug-likeness (QED) is 0.668. The molecule has 0 aromatic carbocycles. The number of morpholine rings is 2. The molecule has 0 N–H and O–H groups in total. The SMILES string of the molecule is CP(=S)(N1CCOCC1)N1CCOCC1. The third-order valence-corrected chi connectivity index (χ3v) is 7.31. The zero-order valence-electron chi connectivity index (χ0n) is 9.22. The first-order valence-electron chi connectivity index (χ1n) is 5.45. The molecule has 2 aliphatic rings. The Hall–Kier alpha value is 0.490. The molecule has 0 aromatic heterocycles. The maximum absolute atomic E-state index is 5.84. The summed E-state index contributed by atoms with van der Waals surface area (Å²) in [5, 5.41) is 0. The topological polar surface area (TPSA) is 24.9 Å². The van der Waals surface area contributed by atoms with Crippen molar-refractivity contribution in [1.29, 1.82) is 0 Å². The minimum atomic E-state index is -1.50. The van der Waals surface area contributed by atoms with Gasteiger partial charge in [-0.05, 0) is 6.66 Å². The smallest absolute Gasteiger partial charge is 0.0748 e. The Bertz CT molecular complexity index is 230. The van der Waals surface area contributed by atoms with Crippen molar-refractivity contribution in [2.45, 2.75) is 0 Å². The van der Waals surface area contributed by atoms with Crippen LogP contribution >= 0.6 is 6.34 Å². The fourth-order valence-corrected chi connectivity index (χ4v) is 5.18. The van der Waals surface area contributed by atoms with Crippen LogP contribution in [0.15, 0.2) is 0 Å². The lowest BCUT2D eigenvalue weighted by molar-refractivity contribution is 0.0584. The highest BCUT2D eigenvalue weighted by Crippen LogP contribution is 2.50. The highest BCUT2D eigenvalue weighted by Gasteiger charge is 2.30. The summed E-state index contributed by atoms with van der Waals surface area (Å²) >= 11 is 5.84. The average Bonchev–Trinajstić information content (AvgIpc) is 2.31. The van der Waals surface area contributed by atoms with Gasteiger partial charge in [0.15, 0.2) is 0 Å². The van der Waals surface area contributed by atoms with Gasteiger partial charge in [-0.15, -0.1) is 0 Å². The van der Waals surface area contributed by atoms with Crippen LogP contribution in [0.1, 0.15) is 0 Å². The predicted octanol–water partition coefficient (Wildman–Crippen LogP) is 0.590. The van der Waals surface area contributed by atoms with Gasteiger partial charge in [0.2, 0.25) is 0 Å². The van der Waals surface area contributed by atoms with Gasteiger partial charge in [0, 0.05) is 26.2 Å². The Kier molecular flexibility index (Phi) is 4.16. The summed E-state index contributed by atoms with van der Waals surface area (Å²) in [5.41, 5.74) is 0. The fourth-order valence-electron chi connectivity index (χ4n) is 2.03. The molecule has 0 spiro atoms. The summed E-state index contributed by atoms with van der Waals surface area (Å²) < 4.78 is 15.6. The summed E-state index contributed by atoms with van der Waals surface area (Å²) in [5.74, 6) is 0. The van der Waals surface area contributed by atoms with Gasteiger partial charge in [0.25, 0.3) is 0 Å². The van der Waals surface area contributed by atoms with Gasteiger partial charge in [0.05, 0.1) is 32.8 Å². The van der Waals surface area contributed by atoms with E-state index < -0.39 is 6.34 Å². The Balaban J connectivity index is 1.99. The van der Waals surface area contributed by atoms with Crippen LogP contribution in [-0.4, -0.2) is 68.6 Å². The van der Waals surface area contributed by atoms with E-state index in [9.17, 15) is 0 Å². The van der Waals surface area contributed by atoms with Gasteiger partial charge in [-0.1, -0.05) is 11.8 Å². The van der Waals surface area contributed by atoms with Crippen LogP contribution in [0.4, 0.5) is 0 Å². The predicted molar refractivity (Wildman–Crippen MR) is 65.0 cm³/mol. The first kappa shape index (κ1) is 12.0. The van der Waals surface area contributed by atoms with Crippen LogP contribution in [-0.2, 0) is 21.3 Å². The number of hydrogen-bond donors (Lipinski definition) is 0. The second-order valence-corrected chi connectivity index (χ2v) is 8.84. The molecule has 0 atom stereocenters. The Morgan fingerprint density at radius 3 is 1.53 bits per heavy atom. The number of hydrogen-bond acceptors (Lipinski definition) is 3. The molecule has 0 aromatic rings. The molecule has 15 heavy (non-hydrogen) atoms. The van der Waals surface area contributed by atoms with E-state index in [0.717, 1.165) is 52.6 Å². The van der Waals surface area contributed by atoms with Crippen molar-refractivity contribution < 1.29 is 9.47 Å². The molecule has 0 aliphatic carbocycles. The number of nitrogens with zero attached hydrogens (tertiary/aromatic N) is 2. The maximum atomic E-state index is 5.84. The van der Waals surface area contributed by atoms with E-state index in [-0.39, 0.29) is 0 Å². The lowest BCUT2D eigenvalue weighted by Gasteiger charge is -2.43. The molecule has 2 heterocycles. The van der Waals surface area contributed by atoms with Gasteiger partial charge in [-0.3, -0.25) is 9.34 Å². The monoisotopic (exact) mass is 250 g/mol. The molecule has 6 heteroatoms. The van der Waals surface area contributed by atoms with Crippen molar-refractivity contribution in [2.24, 2.45) is 0 Å². The molecular weight excluding hydrogens is 231 g/mol. The lowest BCUT2D eigenvalue weighted by Crippen LogP contribution is -2.42. The van der Waals surface area contributed by atoms with Crippen LogP contribution in [0, 0.1) is 0 Å². The Morgan fingerprint density at radius 2 is 1.20 bits per heavy atom. The molecule has 0 bridgehead atoms. The van der Waals surface area contributed by atoms with Crippen LogP contribution in [0.5, 0.6) is 0 Å². The third-order valence-electron chi connectivity index (χ3n) is 3.02. The van der Waals surface area contributed by atoms with E-state index in [2.05, 4.69) is 16.0 Å². The minimum Gasteiger partial charge on any atom is -0.379 e. The summed E-state index contributed by atoms with van der Waals surface area (Å²) in [6, 6.07) is 0. The molecule has 2 aliphatic heterocycles. The largest absolute Gasteiger partial charge is 0.379 e. The van der Waals surface area contributed by atoms with Gasteiger partial charge in [-0.25, -0.2) is 0 Å².